The van der Waals surface area contributed by atoms with Crippen LogP contribution in [0.25, 0.3) is 0 Å². The number of thioether (sulfide) groups is 1. The van der Waals surface area contributed by atoms with Gasteiger partial charge in [0.15, 0.2) is 0 Å². The molecule has 21 heavy (non-hydrogen) atoms. The molecule has 3 N–H and O–H groups in total. The summed E-state index contributed by atoms with van der Waals surface area (Å²) in [5, 5.41) is 2.90. The molecule has 0 aliphatic carbocycles. The van der Waals surface area contributed by atoms with Crippen LogP contribution in [0.4, 0.5) is 11.4 Å². The van der Waals surface area contributed by atoms with Gasteiger partial charge in [-0.2, -0.15) is 0 Å². The van der Waals surface area contributed by atoms with E-state index in [1.807, 2.05) is 50.2 Å². The van der Waals surface area contributed by atoms with Gasteiger partial charge >= 0.3 is 0 Å². The van der Waals surface area contributed by atoms with Gasteiger partial charge in [0.2, 0.25) is 5.91 Å². The van der Waals surface area contributed by atoms with Crippen LogP contribution in [0, 0.1) is 13.8 Å². The van der Waals surface area contributed by atoms with Crippen molar-refractivity contribution in [1.29, 1.82) is 0 Å². The Morgan fingerprint density at radius 2 is 2.05 bits per heavy atom. The molecular weight excluding hydrogens is 348 g/mol. The average molecular weight is 365 g/mol. The Morgan fingerprint density at radius 1 is 1.29 bits per heavy atom. The highest BCUT2D eigenvalue weighted by Gasteiger charge is 2.07. The van der Waals surface area contributed by atoms with Crippen LogP contribution in [0.15, 0.2) is 45.8 Å². The maximum atomic E-state index is 12.0. The fourth-order valence-corrected chi connectivity index (χ4v) is 2.97. The summed E-state index contributed by atoms with van der Waals surface area (Å²) in [4.78, 5) is 13.0. The highest BCUT2D eigenvalue weighted by Crippen LogP contribution is 2.26. The summed E-state index contributed by atoms with van der Waals surface area (Å²) in [6, 6.07) is 11.5. The largest absolute Gasteiger partial charge is 0.398 e. The molecule has 0 radical (unpaired) electrons. The molecular formula is C16H17BrN2OS. The molecule has 110 valence electrons. The zero-order chi connectivity index (χ0) is 15.4. The van der Waals surface area contributed by atoms with Gasteiger partial charge < -0.3 is 11.1 Å². The van der Waals surface area contributed by atoms with E-state index >= 15 is 0 Å². The minimum Gasteiger partial charge on any atom is -0.398 e. The molecule has 3 nitrogen and oxygen atoms in total. The lowest BCUT2D eigenvalue weighted by molar-refractivity contribution is -0.113. The van der Waals surface area contributed by atoms with Gasteiger partial charge in [0.05, 0.1) is 5.75 Å². The lowest BCUT2D eigenvalue weighted by Gasteiger charge is -2.09. The van der Waals surface area contributed by atoms with Crippen molar-refractivity contribution in [2.45, 2.75) is 18.7 Å². The lowest BCUT2D eigenvalue weighted by atomic mass is 10.2. The molecule has 0 aliphatic rings. The van der Waals surface area contributed by atoms with E-state index in [0.717, 1.165) is 31.9 Å². The molecule has 0 fully saturated rings. The summed E-state index contributed by atoms with van der Waals surface area (Å²) in [6.07, 6.45) is 0. The van der Waals surface area contributed by atoms with E-state index in [2.05, 4.69) is 21.2 Å². The molecule has 2 aromatic rings. The van der Waals surface area contributed by atoms with Crippen molar-refractivity contribution in [2.24, 2.45) is 0 Å². The molecule has 0 atom stereocenters. The molecule has 0 saturated heterocycles. The summed E-state index contributed by atoms with van der Waals surface area (Å²) in [6.45, 7) is 3.96. The number of hydrogen-bond donors (Lipinski definition) is 2. The minimum absolute atomic E-state index is 0.0245. The zero-order valence-corrected chi connectivity index (χ0v) is 14.3. The first-order valence-corrected chi connectivity index (χ1v) is 8.29. The number of nitrogen functional groups attached to an aromatic ring is 1. The van der Waals surface area contributed by atoms with Gasteiger partial charge in [-0.05, 0) is 55.3 Å². The Kier molecular flexibility index (Phi) is 5.31. The van der Waals surface area contributed by atoms with Crippen LogP contribution in [-0.2, 0) is 4.79 Å². The van der Waals surface area contributed by atoms with Crippen molar-refractivity contribution in [3.63, 3.8) is 0 Å². The van der Waals surface area contributed by atoms with Crippen LogP contribution in [0.2, 0.25) is 0 Å². The summed E-state index contributed by atoms with van der Waals surface area (Å²) in [5.74, 6) is 0.336. The first-order chi connectivity index (χ1) is 9.97. The van der Waals surface area contributed by atoms with Crippen LogP contribution in [-0.4, -0.2) is 11.7 Å². The van der Waals surface area contributed by atoms with Crippen molar-refractivity contribution in [2.75, 3.05) is 16.8 Å². The number of nitrogens with two attached hydrogens (primary N) is 1. The first kappa shape index (κ1) is 15.9. The van der Waals surface area contributed by atoms with Gasteiger partial charge in [-0.15, -0.1) is 11.8 Å². The predicted molar refractivity (Wildman–Crippen MR) is 93.8 cm³/mol. The number of carbonyl (C=O) groups excluding carboxylic acids is 1. The Hall–Kier alpha value is -1.46. The minimum atomic E-state index is -0.0245. The van der Waals surface area contributed by atoms with E-state index in [4.69, 9.17) is 5.73 Å². The Labute approximate surface area is 137 Å². The van der Waals surface area contributed by atoms with Gasteiger partial charge in [-0.25, -0.2) is 0 Å². The molecule has 2 aromatic carbocycles. The van der Waals surface area contributed by atoms with Crippen LogP contribution in [0.5, 0.6) is 0 Å². The van der Waals surface area contributed by atoms with Gasteiger partial charge in [0, 0.05) is 20.7 Å². The maximum Gasteiger partial charge on any atom is 0.234 e. The Bertz CT molecular complexity index is 673. The van der Waals surface area contributed by atoms with E-state index < -0.39 is 0 Å². The SMILES string of the molecule is Cc1cc(NC(=O)CSc2cccc(N)c2C)ccc1Br. The van der Waals surface area contributed by atoms with Gasteiger partial charge in [-0.3, -0.25) is 4.79 Å². The van der Waals surface area contributed by atoms with Crippen LogP contribution in [0.1, 0.15) is 11.1 Å². The monoisotopic (exact) mass is 364 g/mol. The summed E-state index contributed by atoms with van der Waals surface area (Å²) in [5.41, 5.74) is 9.54. The fourth-order valence-electron chi connectivity index (χ4n) is 1.85. The number of hydrogen-bond acceptors (Lipinski definition) is 3. The molecule has 2 rings (SSSR count). The third-order valence-electron chi connectivity index (χ3n) is 3.13. The molecule has 0 bridgehead atoms. The fraction of sp³-hybridized carbons (Fsp3) is 0.188. The third-order valence-corrected chi connectivity index (χ3v) is 5.18. The number of anilines is 2. The second-order valence-corrected chi connectivity index (χ2v) is 6.64. The van der Waals surface area contributed by atoms with Gasteiger partial charge in [0.25, 0.3) is 0 Å². The van der Waals surface area contributed by atoms with Crippen molar-refractivity contribution in [3.05, 3.63) is 52.0 Å². The number of halogens is 1. The number of benzene rings is 2. The third kappa shape index (κ3) is 4.25. The van der Waals surface area contributed by atoms with E-state index in [-0.39, 0.29) is 5.91 Å². The normalized spacial score (nSPS) is 10.4. The van der Waals surface area contributed by atoms with Gasteiger partial charge in [-0.1, -0.05) is 22.0 Å². The number of aryl methyl sites for hydroxylation is 1. The molecule has 0 saturated carbocycles. The van der Waals surface area contributed by atoms with E-state index in [1.165, 1.54) is 11.8 Å². The van der Waals surface area contributed by atoms with E-state index in [0.29, 0.717) is 5.75 Å². The number of carbonyl (C=O) groups is 1. The number of amides is 1. The van der Waals surface area contributed by atoms with Crippen molar-refractivity contribution < 1.29 is 4.79 Å². The molecule has 0 spiro atoms. The lowest BCUT2D eigenvalue weighted by Crippen LogP contribution is -2.14. The number of rotatable bonds is 4. The molecule has 0 unspecified atom stereocenters. The second-order valence-electron chi connectivity index (χ2n) is 4.77. The van der Waals surface area contributed by atoms with Crippen LogP contribution >= 0.6 is 27.7 Å². The van der Waals surface area contributed by atoms with Crippen LogP contribution in [0.3, 0.4) is 0 Å². The molecule has 0 heterocycles. The van der Waals surface area contributed by atoms with E-state index in [1.54, 1.807) is 0 Å². The maximum absolute atomic E-state index is 12.0. The average Bonchev–Trinajstić information content (AvgIpc) is 2.44. The first-order valence-electron chi connectivity index (χ1n) is 6.51. The van der Waals surface area contributed by atoms with Gasteiger partial charge in [0.1, 0.15) is 0 Å². The second kappa shape index (κ2) is 7.00. The highest BCUT2D eigenvalue weighted by atomic mass is 79.9. The molecule has 0 aromatic heterocycles. The van der Waals surface area contributed by atoms with E-state index in [9.17, 15) is 4.79 Å². The topological polar surface area (TPSA) is 55.1 Å². The quantitative estimate of drug-likeness (QED) is 0.625. The Balaban J connectivity index is 1.96. The molecule has 5 heteroatoms. The smallest absolute Gasteiger partial charge is 0.234 e. The Morgan fingerprint density at radius 3 is 2.76 bits per heavy atom. The molecule has 1 amide bonds. The predicted octanol–water partition coefficient (Wildman–Crippen LogP) is 4.38. The summed E-state index contributed by atoms with van der Waals surface area (Å²) in [7, 11) is 0. The molecule has 0 aliphatic heterocycles. The van der Waals surface area contributed by atoms with Crippen molar-refractivity contribution in [1.82, 2.24) is 0 Å². The van der Waals surface area contributed by atoms with Crippen molar-refractivity contribution in [3.8, 4) is 0 Å². The van der Waals surface area contributed by atoms with Crippen LogP contribution < -0.4 is 11.1 Å². The van der Waals surface area contributed by atoms with Crippen molar-refractivity contribution >= 4 is 45.0 Å². The zero-order valence-electron chi connectivity index (χ0n) is 11.9. The standard InChI is InChI=1S/C16H17BrN2OS/c1-10-8-12(6-7-13(10)17)19-16(20)9-21-15-5-3-4-14(18)11(15)2/h3-8H,9,18H2,1-2H3,(H,19,20). The highest BCUT2D eigenvalue weighted by molar-refractivity contribution is 9.10. The summed E-state index contributed by atoms with van der Waals surface area (Å²) < 4.78 is 1.03. The number of nitrogens with one attached hydrogen (secondary N) is 1. The summed E-state index contributed by atoms with van der Waals surface area (Å²) >= 11 is 4.94.